The smallest absolute Gasteiger partial charge is 0.230 e. The Hall–Kier alpha value is -0.950. The van der Waals surface area contributed by atoms with E-state index in [1.165, 1.54) is 0 Å². The average molecular weight is 383 g/mol. The van der Waals surface area contributed by atoms with Crippen LogP contribution < -0.4 is 5.73 Å². The molecule has 0 saturated carbocycles. The van der Waals surface area contributed by atoms with Gasteiger partial charge < -0.3 is 20.1 Å². The SMILES string of the molecule is NCC1(C(=O)N2CCOC(c3ccc(Br)cc3)C2)CCOCC1. The van der Waals surface area contributed by atoms with Gasteiger partial charge in [-0.3, -0.25) is 4.79 Å². The van der Waals surface area contributed by atoms with Crippen LogP contribution in [0.15, 0.2) is 28.7 Å². The maximum absolute atomic E-state index is 13.1. The second kappa shape index (κ2) is 7.30. The highest BCUT2D eigenvalue weighted by Crippen LogP contribution is 2.33. The summed E-state index contributed by atoms with van der Waals surface area (Å²) in [5.41, 5.74) is 6.61. The fraction of sp³-hybridized carbons (Fsp3) is 0.588. The zero-order valence-electron chi connectivity index (χ0n) is 13.2. The number of hydrogen-bond acceptors (Lipinski definition) is 4. The predicted molar refractivity (Wildman–Crippen MR) is 91.0 cm³/mol. The summed E-state index contributed by atoms with van der Waals surface area (Å²) in [6, 6.07) is 8.07. The summed E-state index contributed by atoms with van der Waals surface area (Å²) in [6.07, 6.45) is 1.35. The predicted octanol–water partition coefficient (Wildman–Crippen LogP) is 2.10. The summed E-state index contributed by atoms with van der Waals surface area (Å²) in [6.45, 7) is 3.39. The number of halogens is 1. The molecular formula is C17H23BrN2O3. The summed E-state index contributed by atoms with van der Waals surface area (Å²) in [5.74, 6) is 0.161. The Labute approximate surface area is 145 Å². The van der Waals surface area contributed by atoms with Crippen molar-refractivity contribution >= 4 is 21.8 Å². The van der Waals surface area contributed by atoms with Crippen LogP contribution in [-0.2, 0) is 14.3 Å². The van der Waals surface area contributed by atoms with Crippen molar-refractivity contribution in [1.29, 1.82) is 0 Å². The maximum Gasteiger partial charge on any atom is 0.230 e. The van der Waals surface area contributed by atoms with E-state index in [-0.39, 0.29) is 12.0 Å². The molecular weight excluding hydrogens is 360 g/mol. The van der Waals surface area contributed by atoms with Crippen molar-refractivity contribution in [2.24, 2.45) is 11.1 Å². The topological polar surface area (TPSA) is 64.8 Å². The van der Waals surface area contributed by atoms with Crippen LogP contribution in [0, 0.1) is 5.41 Å². The summed E-state index contributed by atoms with van der Waals surface area (Å²) >= 11 is 3.44. The molecule has 126 valence electrons. The van der Waals surface area contributed by atoms with Crippen molar-refractivity contribution in [3.05, 3.63) is 34.3 Å². The quantitative estimate of drug-likeness (QED) is 0.869. The molecule has 0 spiro atoms. The molecule has 1 atom stereocenters. The maximum atomic E-state index is 13.1. The van der Waals surface area contributed by atoms with Gasteiger partial charge in [-0.15, -0.1) is 0 Å². The van der Waals surface area contributed by atoms with Gasteiger partial charge in [0.25, 0.3) is 0 Å². The Morgan fingerprint density at radius 3 is 2.61 bits per heavy atom. The largest absolute Gasteiger partial charge is 0.381 e. The van der Waals surface area contributed by atoms with E-state index in [1.807, 2.05) is 29.2 Å². The normalized spacial score (nSPS) is 24.4. The number of carbonyl (C=O) groups excluding carboxylic acids is 1. The molecule has 3 rings (SSSR count). The van der Waals surface area contributed by atoms with E-state index < -0.39 is 5.41 Å². The van der Waals surface area contributed by atoms with Crippen molar-refractivity contribution in [2.75, 3.05) is 39.5 Å². The molecule has 1 aromatic rings. The molecule has 1 amide bonds. The summed E-state index contributed by atoms with van der Waals surface area (Å²) in [4.78, 5) is 15.0. The van der Waals surface area contributed by atoms with Crippen LogP contribution in [0.1, 0.15) is 24.5 Å². The molecule has 0 radical (unpaired) electrons. The van der Waals surface area contributed by atoms with Gasteiger partial charge in [0.05, 0.1) is 18.6 Å². The lowest BCUT2D eigenvalue weighted by Crippen LogP contribution is -2.54. The van der Waals surface area contributed by atoms with E-state index in [1.54, 1.807) is 0 Å². The molecule has 2 saturated heterocycles. The van der Waals surface area contributed by atoms with Crippen molar-refractivity contribution in [2.45, 2.75) is 18.9 Å². The molecule has 2 fully saturated rings. The van der Waals surface area contributed by atoms with E-state index in [9.17, 15) is 4.79 Å². The Balaban J connectivity index is 1.72. The first-order valence-electron chi connectivity index (χ1n) is 8.09. The first-order valence-corrected chi connectivity index (χ1v) is 8.88. The van der Waals surface area contributed by atoms with Gasteiger partial charge in [0.2, 0.25) is 5.91 Å². The van der Waals surface area contributed by atoms with Gasteiger partial charge in [0.15, 0.2) is 0 Å². The molecule has 23 heavy (non-hydrogen) atoms. The van der Waals surface area contributed by atoms with Crippen molar-refractivity contribution < 1.29 is 14.3 Å². The third-order valence-electron chi connectivity index (χ3n) is 4.89. The third kappa shape index (κ3) is 3.60. The highest BCUT2D eigenvalue weighted by molar-refractivity contribution is 9.10. The Kier molecular flexibility index (Phi) is 5.36. The number of ether oxygens (including phenoxy) is 2. The third-order valence-corrected chi connectivity index (χ3v) is 5.42. The molecule has 1 aromatic carbocycles. The Bertz CT molecular complexity index is 543. The molecule has 2 heterocycles. The van der Waals surface area contributed by atoms with E-state index >= 15 is 0 Å². The van der Waals surface area contributed by atoms with E-state index in [0.29, 0.717) is 52.3 Å². The number of morpholine rings is 1. The van der Waals surface area contributed by atoms with Crippen molar-refractivity contribution in [1.82, 2.24) is 4.90 Å². The zero-order chi connectivity index (χ0) is 16.3. The summed E-state index contributed by atoms with van der Waals surface area (Å²) in [7, 11) is 0. The van der Waals surface area contributed by atoms with Gasteiger partial charge in [-0.05, 0) is 30.5 Å². The minimum atomic E-state index is -0.458. The van der Waals surface area contributed by atoms with Crippen LogP contribution in [0.2, 0.25) is 0 Å². The second-order valence-electron chi connectivity index (χ2n) is 6.26. The molecule has 2 aliphatic heterocycles. The number of nitrogens with two attached hydrogens (primary N) is 1. The van der Waals surface area contributed by atoms with Crippen LogP contribution in [-0.4, -0.2) is 50.3 Å². The van der Waals surface area contributed by atoms with Crippen LogP contribution in [0.3, 0.4) is 0 Å². The summed E-state index contributed by atoms with van der Waals surface area (Å²) < 4.78 is 12.3. The molecule has 1 unspecified atom stereocenters. The van der Waals surface area contributed by atoms with Gasteiger partial charge in [-0.2, -0.15) is 0 Å². The van der Waals surface area contributed by atoms with E-state index in [0.717, 1.165) is 10.0 Å². The molecule has 0 bridgehead atoms. The molecule has 0 aliphatic carbocycles. The van der Waals surface area contributed by atoms with Crippen molar-refractivity contribution in [3.63, 3.8) is 0 Å². The van der Waals surface area contributed by atoms with E-state index in [2.05, 4.69) is 15.9 Å². The highest BCUT2D eigenvalue weighted by Gasteiger charge is 2.42. The lowest BCUT2D eigenvalue weighted by atomic mass is 9.78. The second-order valence-corrected chi connectivity index (χ2v) is 7.17. The van der Waals surface area contributed by atoms with Crippen LogP contribution in [0.5, 0.6) is 0 Å². The monoisotopic (exact) mass is 382 g/mol. The van der Waals surface area contributed by atoms with Crippen molar-refractivity contribution in [3.8, 4) is 0 Å². The highest BCUT2D eigenvalue weighted by atomic mass is 79.9. The zero-order valence-corrected chi connectivity index (χ0v) is 14.8. The molecule has 6 heteroatoms. The van der Waals surface area contributed by atoms with Gasteiger partial charge in [-0.1, -0.05) is 28.1 Å². The van der Waals surface area contributed by atoms with Crippen LogP contribution in [0.4, 0.5) is 0 Å². The lowest BCUT2D eigenvalue weighted by molar-refractivity contribution is -0.154. The number of benzene rings is 1. The van der Waals surface area contributed by atoms with Crippen LogP contribution in [0.25, 0.3) is 0 Å². The number of rotatable bonds is 3. The van der Waals surface area contributed by atoms with Gasteiger partial charge in [0.1, 0.15) is 6.10 Å². The fourth-order valence-corrected chi connectivity index (χ4v) is 3.58. The van der Waals surface area contributed by atoms with Gasteiger partial charge >= 0.3 is 0 Å². The minimum absolute atomic E-state index is 0.0736. The molecule has 5 nitrogen and oxygen atoms in total. The summed E-state index contributed by atoms with van der Waals surface area (Å²) in [5, 5.41) is 0. The number of amides is 1. The standard InChI is InChI=1S/C17H23BrN2O3/c18-14-3-1-13(2-4-14)15-11-20(7-10-23-15)16(21)17(12-19)5-8-22-9-6-17/h1-4,15H,5-12,19H2. The average Bonchev–Trinajstić information content (AvgIpc) is 2.62. The first-order chi connectivity index (χ1) is 11.1. The lowest BCUT2D eigenvalue weighted by Gasteiger charge is -2.41. The number of carbonyl (C=O) groups is 1. The number of nitrogens with zero attached hydrogens (tertiary/aromatic N) is 1. The Morgan fingerprint density at radius 2 is 1.96 bits per heavy atom. The number of hydrogen-bond donors (Lipinski definition) is 1. The fourth-order valence-electron chi connectivity index (χ4n) is 3.32. The Morgan fingerprint density at radius 1 is 1.26 bits per heavy atom. The van der Waals surface area contributed by atoms with E-state index in [4.69, 9.17) is 15.2 Å². The molecule has 2 N–H and O–H groups in total. The van der Waals surface area contributed by atoms with Gasteiger partial charge in [-0.25, -0.2) is 0 Å². The van der Waals surface area contributed by atoms with Gasteiger partial charge in [0, 0.05) is 30.8 Å². The minimum Gasteiger partial charge on any atom is -0.381 e. The van der Waals surface area contributed by atoms with Crippen LogP contribution >= 0.6 is 15.9 Å². The molecule has 2 aliphatic rings. The molecule has 0 aromatic heterocycles. The first kappa shape index (κ1) is 16.9.